The lowest BCUT2D eigenvalue weighted by atomic mass is 9.87. The highest BCUT2D eigenvalue weighted by molar-refractivity contribution is 5.83. The summed E-state index contributed by atoms with van der Waals surface area (Å²) in [6.07, 6.45) is 0.441. The van der Waals surface area contributed by atoms with Gasteiger partial charge in [0.1, 0.15) is 17.3 Å². The molecule has 3 rings (SSSR count). The topological polar surface area (TPSA) is 67.9 Å². The third-order valence-electron chi connectivity index (χ3n) is 5.81. The van der Waals surface area contributed by atoms with Crippen LogP contribution in [0.3, 0.4) is 0 Å². The fraction of sp³-hybridized carbons (Fsp3) is 0.440. The van der Waals surface area contributed by atoms with E-state index in [0.717, 1.165) is 11.1 Å². The standard InChI is InChI=1S/C25H31FN2O4/c1-16(2)11-24(29)28-14-21(20-10-9-19(31-3)12-23(20)32-4)22(15-28)25(30)27-13-17-5-7-18(26)8-6-17/h5-10,12,16,21-22H,11,13-15H2,1-4H3,(H,27,30). The molecule has 0 aliphatic carbocycles. The number of carbonyl (C=O) groups is 2. The van der Waals surface area contributed by atoms with Gasteiger partial charge in [-0.05, 0) is 29.7 Å². The molecule has 7 heteroatoms. The number of likely N-dealkylation sites (tertiary alicyclic amines) is 1. The van der Waals surface area contributed by atoms with Crippen LogP contribution < -0.4 is 14.8 Å². The van der Waals surface area contributed by atoms with E-state index in [1.54, 1.807) is 37.3 Å². The largest absolute Gasteiger partial charge is 0.497 e. The van der Waals surface area contributed by atoms with Gasteiger partial charge in [-0.25, -0.2) is 4.39 Å². The third kappa shape index (κ3) is 5.58. The van der Waals surface area contributed by atoms with Crippen LogP contribution in [0.5, 0.6) is 11.5 Å². The van der Waals surface area contributed by atoms with Crippen LogP contribution >= 0.6 is 0 Å². The number of methoxy groups -OCH3 is 2. The van der Waals surface area contributed by atoms with E-state index in [1.165, 1.54) is 12.1 Å². The lowest BCUT2D eigenvalue weighted by molar-refractivity contribution is -0.131. The summed E-state index contributed by atoms with van der Waals surface area (Å²) in [5.74, 6) is 0.486. The van der Waals surface area contributed by atoms with E-state index in [0.29, 0.717) is 37.6 Å². The van der Waals surface area contributed by atoms with Crippen molar-refractivity contribution < 1.29 is 23.5 Å². The van der Waals surface area contributed by atoms with Crippen molar-refractivity contribution in [2.24, 2.45) is 11.8 Å². The van der Waals surface area contributed by atoms with Crippen molar-refractivity contribution in [2.75, 3.05) is 27.3 Å². The van der Waals surface area contributed by atoms with Gasteiger partial charge in [0, 0.05) is 43.6 Å². The first kappa shape index (κ1) is 23.6. The van der Waals surface area contributed by atoms with Gasteiger partial charge in [0.15, 0.2) is 0 Å². The Balaban J connectivity index is 1.83. The molecule has 6 nitrogen and oxygen atoms in total. The number of halogens is 1. The van der Waals surface area contributed by atoms with Crippen LogP contribution in [-0.4, -0.2) is 44.0 Å². The summed E-state index contributed by atoms with van der Waals surface area (Å²) < 4.78 is 24.0. The number of hydrogen-bond donors (Lipinski definition) is 1. The van der Waals surface area contributed by atoms with Gasteiger partial charge in [-0.2, -0.15) is 0 Å². The number of hydrogen-bond acceptors (Lipinski definition) is 4. The lowest BCUT2D eigenvalue weighted by Crippen LogP contribution is -2.35. The van der Waals surface area contributed by atoms with Crippen molar-refractivity contribution in [3.63, 3.8) is 0 Å². The Morgan fingerprint density at radius 2 is 1.81 bits per heavy atom. The average Bonchev–Trinajstić information content (AvgIpc) is 3.23. The molecule has 1 heterocycles. The minimum absolute atomic E-state index is 0.0475. The van der Waals surface area contributed by atoms with Gasteiger partial charge in [-0.15, -0.1) is 0 Å². The minimum Gasteiger partial charge on any atom is -0.497 e. The predicted molar refractivity (Wildman–Crippen MR) is 120 cm³/mol. The SMILES string of the molecule is COc1ccc(C2CN(C(=O)CC(C)C)CC2C(=O)NCc2ccc(F)cc2)c(OC)c1. The molecule has 0 radical (unpaired) electrons. The Bertz CT molecular complexity index is 945. The quantitative estimate of drug-likeness (QED) is 0.676. The number of nitrogens with zero attached hydrogens (tertiary/aromatic N) is 1. The van der Waals surface area contributed by atoms with E-state index in [4.69, 9.17) is 9.47 Å². The molecular formula is C25H31FN2O4. The van der Waals surface area contributed by atoms with E-state index in [2.05, 4.69) is 5.32 Å². The smallest absolute Gasteiger partial charge is 0.225 e. The van der Waals surface area contributed by atoms with Crippen LogP contribution in [0.15, 0.2) is 42.5 Å². The van der Waals surface area contributed by atoms with Crippen LogP contribution in [-0.2, 0) is 16.1 Å². The maximum Gasteiger partial charge on any atom is 0.225 e. The maximum atomic E-state index is 13.2. The first-order valence-corrected chi connectivity index (χ1v) is 10.8. The van der Waals surface area contributed by atoms with E-state index in [1.807, 2.05) is 26.0 Å². The summed E-state index contributed by atoms with van der Waals surface area (Å²) in [5.41, 5.74) is 1.68. The Labute approximate surface area is 188 Å². The number of benzene rings is 2. The molecule has 2 unspecified atom stereocenters. The second kappa shape index (κ2) is 10.5. The highest BCUT2D eigenvalue weighted by atomic mass is 19.1. The molecular weight excluding hydrogens is 411 g/mol. The maximum absolute atomic E-state index is 13.2. The molecule has 1 aliphatic rings. The number of amides is 2. The minimum atomic E-state index is -0.422. The molecule has 2 atom stereocenters. The average molecular weight is 443 g/mol. The molecule has 2 aromatic carbocycles. The van der Waals surface area contributed by atoms with Gasteiger partial charge in [-0.1, -0.05) is 32.0 Å². The van der Waals surface area contributed by atoms with Crippen molar-refractivity contribution >= 4 is 11.8 Å². The van der Waals surface area contributed by atoms with Gasteiger partial charge >= 0.3 is 0 Å². The summed E-state index contributed by atoms with van der Waals surface area (Å²) in [6.45, 7) is 5.10. The fourth-order valence-corrected chi connectivity index (χ4v) is 4.11. The number of ether oxygens (including phenoxy) is 2. The van der Waals surface area contributed by atoms with Crippen molar-refractivity contribution in [2.45, 2.75) is 32.7 Å². The van der Waals surface area contributed by atoms with Crippen LogP contribution in [0.1, 0.15) is 37.3 Å². The van der Waals surface area contributed by atoms with E-state index in [9.17, 15) is 14.0 Å². The second-order valence-corrected chi connectivity index (χ2v) is 8.56. The Kier molecular flexibility index (Phi) is 7.72. The van der Waals surface area contributed by atoms with E-state index < -0.39 is 5.92 Å². The highest BCUT2D eigenvalue weighted by Gasteiger charge is 2.41. The fourth-order valence-electron chi connectivity index (χ4n) is 4.11. The van der Waals surface area contributed by atoms with Gasteiger partial charge in [-0.3, -0.25) is 9.59 Å². The molecule has 0 saturated carbocycles. The van der Waals surface area contributed by atoms with Crippen LogP contribution in [0.4, 0.5) is 4.39 Å². The van der Waals surface area contributed by atoms with Gasteiger partial charge in [0.05, 0.1) is 20.1 Å². The Hall–Kier alpha value is -3.09. The third-order valence-corrected chi connectivity index (χ3v) is 5.81. The van der Waals surface area contributed by atoms with Gasteiger partial charge in [0.2, 0.25) is 11.8 Å². The molecule has 2 amide bonds. The second-order valence-electron chi connectivity index (χ2n) is 8.56. The van der Waals surface area contributed by atoms with Crippen LogP contribution in [0.25, 0.3) is 0 Å². The Morgan fingerprint density at radius 3 is 2.44 bits per heavy atom. The first-order valence-electron chi connectivity index (χ1n) is 10.8. The summed E-state index contributed by atoms with van der Waals surface area (Å²) in [7, 11) is 3.17. The zero-order chi connectivity index (χ0) is 23.3. The molecule has 2 aromatic rings. The summed E-state index contributed by atoms with van der Waals surface area (Å²) in [4.78, 5) is 27.7. The molecule has 32 heavy (non-hydrogen) atoms. The van der Waals surface area contributed by atoms with E-state index >= 15 is 0 Å². The van der Waals surface area contributed by atoms with Crippen LogP contribution in [0.2, 0.25) is 0 Å². The lowest BCUT2D eigenvalue weighted by Gasteiger charge is -2.21. The highest BCUT2D eigenvalue weighted by Crippen LogP contribution is 2.39. The molecule has 1 N–H and O–H groups in total. The normalized spacial score (nSPS) is 18.0. The number of nitrogens with one attached hydrogen (secondary N) is 1. The zero-order valence-electron chi connectivity index (χ0n) is 19.1. The molecule has 172 valence electrons. The Morgan fingerprint density at radius 1 is 1.09 bits per heavy atom. The van der Waals surface area contributed by atoms with Gasteiger partial charge < -0.3 is 19.7 Å². The van der Waals surface area contributed by atoms with Crippen LogP contribution in [0, 0.1) is 17.7 Å². The molecule has 1 saturated heterocycles. The van der Waals surface area contributed by atoms with Crippen molar-refractivity contribution in [3.05, 3.63) is 59.4 Å². The van der Waals surface area contributed by atoms with Crippen molar-refractivity contribution in [3.8, 4) is 11.5 Å². The molecule has 0 aromatic heterocycles. The number of carbonyl (C=O) groups excluding carboxylic acids is 2. The molecule has 1 fully saturated rings. The van der Waals surface area contributed by atoms with Crippen molar-refractivity contribution in [1.29, 1.82) is 0 Å². The summed E-state index contributed by atoms with van der Waals surface area (Å²) in [6, 6.07) is 11.6. The predicted octanol–water partition coefficient (Wildman–Crippen LogP) is 3.75. The van der Waals surface area contributed by atoms with Crippen molar-refractivity contribution in [1.82, 2.24) is 10.2 Å². The number of rotatable bonds is 8. The molecule has 0 bridgehead atoms. The first-order chi connectivity index (χ1) is 15.3. The zero-order valence-corrected chi connectivity index (χ0v) is 19.1. The van der Waals surface area contributed by atoms with Gasteiger partial charge in [0.25, 0.3) is 0 Å². The summed E-state index contributed by atoms with van der Waals surface area (Å²) >= 11 is 0. The van der Waals surface area contributed by atoms with E-state index in [-0.39, 0.29) is 29.5 Å². The molecule has 0 spiro atoms. The summed E-state index contributed by atoms with van der Waals surface area (Å²) in [5, 5.41) is 2.96. The molecule has 1 aliphatic heterocycles. The monoisotopic (exact) mass is 442 g/mol.